The zero-order valence-electron chi connectivity index (χ0n) is 10.5. The van der Waals surface area contributed by atoms with Gasteiger partial charge < -0.3 is 10.1 Å². The van der Waals surface area contributed by atoms with E-state index < -0.39 is 0 Å². The second-order valence-electron chi connectivity index (χ2n) is 3.73. The van der Waals surface area contributed by atoms with E-state index in [0.29, 0.717) is 12.1 Å². The monoisotopic (exact) mass is 278 g/mol. The predicted octanol–water partition coefficient (Wildman–Crippen LogP) is 2.44. The molecule has 0 aliphatic rings. The number of ether oxygens (including phenoxy) is 1. The van der Waals surface area contributed by atoms with Gasteiger partial charge in [-0.3, -0.25) is 9.78 Å². The highest BCUT2D eigenvalue weighted by atomic mass is 35.5. The van der Waals surface area contributed by atoms with Crippen molar-refractivity contribution in [1.29, 1.82) is 0 Å². The molecule has 0 aliphatic carbocycles. The van der Waals surface area contributed by atoms with E-state index >= 15 is 0 Å². The zero-order chi connectivity index (χ0) is 12.8. The lowest BCUT2D eigenvalue weighted by Crippen LogP contribution is -2.22. The van der Waals surface area contributed by atoms with Crippen molar-refractivity contribution in [3.63, 3.8) is 0 Å². The number of rotatable bonds is 4. The molecule has 2 rings (SSSR count). The highest BCUT2D eigenvalue weighted by molar-refractivity contribution is 5.93. The molecule has 0 bridgehead atoms. The number of para-hydroxylation sites is 1. The second-order valence-corrected chi connectivity index (χ2v) is 3.73. The van der Waals surface area contributed by atoms with Crippen molar-refractivity contribution in [1.82, 2.24) is 10.3 Å². The van der Waals surface area contributed by atoms with E-state index in [0.717, 1.165) is 11.3 Å². The standard InChI is InChI=1S/C14H14N2O2.ClH/c1-18-13-5-3-2-4-12(13)10-16-14(17)11-6-8-15-9-7-11;/h2-9H,10H2,1H3,(H,16,17);1H. The number of benzene rings is 1. The summed E-state index contributed by atoms with van der Waals surface area (Å²) in [4.78, 5) is 15.7. The van der Waals surface area contributed by atoms with Gasteiger partial charge in [-0.2, -0.15) is 0 Å². The SMILES string of the molecule is COc1ccccc1CNC(=O)c1ccncc1.Cl. The Labute approximate surface area is 118 Å². The minimum absolute atomic E-state index is 0. The molecule has 0 saturated heterocycles. The Bertz CT molecular complexity index is 532. The summed E-state index contributed by atoms with van der Waals surface area (Å²) in [6, 6.07) is 11.0. The number of carbonyl (C=O) groups excluding carboxylic acids is 1. The third kappa shape index (κ3) is 3.96. The van der Waals surface area contributed by atoms with Gasteiger partial charge in [-0.05, 0) is 18.2 Å². The third-order valence-corrected chi connectivity index (χ3v) is 2.57. The van der Waals surface area contributed by atoms with E-state index in [1.54, 1.807) is 31.6 Å². The fourth-order valence-electron chi connectivity index (χ4n) is 1.63. The first-order valence-corrected chi connectivity index (χ1v) is 5.61. The number of pyridine rings is 1. The van der Waals surface area contributed by atoms with E-state index in [9.17, 15) is 4.79 Å². The van der Waals surface area contributed by atoms with Gasteiger partial charge in [0.25, 0.3) is 5.91 Å². The highest BCUT2D eigenvalue weighted by Gasteiger charge is 2.06. The number of hydrogen-bond acceptors (Lipinski definition) is 3. The van der Waals surface area contributed by atoms with Crippen LogP contribution in [0.5, 0.6) is 5.75 Å². The summed E-state index contributed by atoms with van der Waals surface area (Å²) in [5.74, 6) is 0.649. The van der Waals surface area contributed by atoms with Crippen molar-refractivity contribution >= 4 is 18.3 Å². The Hall–Kier alpha value is -2.07. The molecule has 0 fully saturated rings. The van der Waals surface area contributed by atoms with Crippen LogP contribution in [0.1, 0.15) is 15.9 Å². The maximum absolute atomic E-state index is 11.8. The lowest BCUT2D eigenvalue weighted by molar-refractivity contribution is 0.0950. The summed E-state index contributed by atoms with van der Waals surface area (Å²) in [5, 5.41) is 2.84. The van der Waals surface area contributed by atoms with Crippen molar-refractivity contribution < 1.29 is 9.53 Å². The molecular weight excluding hydrogens is 264 g/mol. The summed E-state index contributed by atoms with van der Waals surface area (Å²) >= 11 is 0. The van der Waals surface area contributed by atoms with Gasteiger partial charge in [-0.1, -0.05) is 18.2 Å². The maximum atomic E-state index is 11.8. The molecule has 0 atom stereocenters. The van der Waals surface area contributed by atoms with Crippen LogP contribution in [-0.2, 0) is 6.54 Å². The van der Waals surface area contributed by atoms with Crippen LogP contribution in [0.3, 0.4) is 0 Å². The van der Waals surface area contributed by atoms with E-state index in [-0.39, 0.29) is 18.3 Å². The van der Waals surface area contributed by atoms with Crippen molar-refractivity contribution in [2.75, 3.05) is 7.11 Å². The van der Waals surface area contributed by atoms with Gasteiger partial charge in [0, 0.05) is 30.1 Å². The predicted molar refractivity (Wildman–Crippen MR) is 75.6 cm³/mol. The molecule has 0 unspecified atom stereocenters. The lowest BCUT2D eigenvalue weighted by atomic mass is 10.2. The number of carbonyl (C=O) groups is 1. The summed E-state index contributed by atoms with van der Waals surface area (Å²) in [5.41, 5.74) is 1.54. The molecule has 0 aliphatic heterocycles. The smallest absolute Gasteiger partial charge is 0.251 e. The van der Waals surface area contributed by atoms with E-state index in [1.165, 1.54) is 0 Å². The Morgan fingerprint density at radius 3 is 2.58 bits per heavy atom. The summed E-state index contributed by atoms with van der Waals surface area (Å²) < 4.78 is 5.22. The number of nitrogens with zero attached hydrogens (tertiary/aromatic N) is 1. The zero-order valence-corrected chi connectivity index (χ0v) is 11.3. The van der Waals surface area contributed by atoms with E-state index in [2.05, 4.69) is 10.3 Å². The quantitative estimate of drug-likeness (QED) is 0.935. The highest BCUT2D eigenvalue weighted by Crippen LogP contribution is 2.16. The Morgan fingerprint density at radius 1 is 1.21 bits per heavy atom. The Balaban J connectivity index is 0.00000180. The van der Waals surface area contributed by atoms with Gasteiger partial charge in [0.2, 0.25) is 0 Å². The van der Waals surface area contributed by atoms with Gasteiger partial charge in [-0.15, -0.1) is 12.4 Å². The van der Waals surface area contributed by atoms with E-state index in [1.807, 2.05) is 24.3 Å². The van der Waals surface area contributed by atoms with Gasteiger partial charge in [0.1, 0.15) is 5.75 Å². The number of hydrogen-bond donors (Lipinski definition) is 1. The molecule has 0 radical (unpaired) electrons. The first kappa shape index (κ1) is 15.0. The minimum Gasteiger partial charge on any atom is -0.496 e. The first-order valence-electron chi connectivity index (χ1n) is 5.61. The van der Waals surface area contributed by atoms with Crippen LogP contribution >= 0.6 is 12.4 Å². The maximum Gasteiger partial charge on any atom is 0.251 e. The molecule has 2 aromatic rings. The van der Waals surface area contributed by atoms with Gasteiger partial charge in [0.15, 0.2) is 0 Å². The largest absolute Gasteiger partial charge is 0.496 e. The van der Waals surface area contributed by atoms with Gasteiger partial charge >= 0.3 is 0 Å². The topological polar surface area (TPSA) is 51.2 Å². The fourth-order valence-corrected chi connectivity index (χ4v) is 1.63. The lowest BCUT2D eigenvalue weighted by Gasteiger charge is -2.09. The average Bonchev–Trinajstić information content (AvgIpc) is 2.46. The van der Waals surface area contributed by atoms with Crippen LogP contribution < -0.4 is 10.1 Å². The molecule has 0 saturated carbocycles. The number of methoxy groups -OCH3 is 1. The van der Waals surface area contributed by atoms with Gasteiger partial charge in [0.05, 0.1) is 7.11 Å². The normalized spacial score (nSPS) is 9.32. The number of amides is 1. The summed E-state index contributed by atoms with van der Waals surface area (Å²) in [6.07, 6.45) is 3.19. The van der Waals surface area contributed by atoms with E-state index in [4.69, 9.17) is 4.74 Å². The number of nitrogens with one attached hydrogen (secondary N) is 1. The first-order chi connectivity index (χ1) is 8.81. The number of aromatic nitrogens is 1. The Kier molecular flexibility index (Phi) is 5.82. The molecule has 1 N–H and O–H groups in total. The summed E-state index contributed by atoms with van der Waals surface area (Å²) in [7, 11) is 1.61. The molecule has 4 nitrogen and oxygen atoms in total. The molecule has 0 spiro atoms. The minimum atomic E-state index is -0.122. The van der Waals surface area contributed by atoms with Gasteiger partial charge in [-0.25, -0.2) is 0 Å². The average molecular weight is 279 g/mol. The van der Waals surface area contributed by atoms with Crippen LogP contribution in [0.25, 0.3) is 0 Å². The fraction of sp³-hybridized carbons (Fsp3) is 0.143. The van der Waals surface area contributed by atoms with Crippen molar-refractivity contribution in [2.24, 2.45) is 0 Å². The molecule has 100 valence electrons. The molecule has 1 amide bonds. The van der Waals surface area contributed by atoms with Crippen LogP contribution in [0.15, 0.2) is 48.8 Å². The molecular formula is C14H15ClN2O2. The number of halogens is 1. The summed E-state index contributed by atoms with van der Waals surface area (Å²) in [6.45, 7) is 0.436. The second kappa shape index (κ2) is 7.38. The van der Waals surface area contributed by atoms with Crippen LogP contribution in [0.4, 0.5) is 0 Å². The molecule has 5 heteroatoms. The van der Waals surface area contributed by atoms with Crippen molar-refractivity contribution in [3.8, 4) is 5.75 Å². The molecule has 1 aromatic carbocycles. The molecule has 1 heterocycles. The van der Waals surface area contributed by atoms with Crippen LogP contribution in [0.2, 0.25) is 0 Å². The molecule has 1 aromatic heterocycles. The molecule has 19 heavy (non-hydrogen) atoms. The van der Waals surface area contributed by atoms with Crippen molar-refractivity contribution in [2.45, 2.75) is 6.54 Å². The van der Waals surface area contributed by atoms with Crippen LogP contribution in [0, 0.1) is 0 Å². The van der Waals surface area contributed by atoms with Crippen molar-refractivity contribution in [3.05, 3.63) is 59.9 Å². The third-order valence-electron chi connectivity index (χ3n) is 2.57. The Morgan fingerprint density at radius 2 is 1.89 bits per heavy atom. The van der Waals surface area contributed by atoms with Crippen LogP contribution in [-0.4, -0.2) is 18.0 Å².